The van der Waals surface area contributed by atoms with E-state index in [9.17, 15) is 0 Å². The molecular formula is C18H22ClNO. The van der Waals surface area contributed by atoms with Crippen LogP contribution in [0.2, 0.25) is 5.02 Å². The summed E-state index contributed by atoms with van der Waals surface area (Å²) in [6, 6.07) is 10.4. The number of rotatable bonds is 4. The Morgan fingerprint density at radius 3 is 2.24 bits per heavy atom. The standard InChI is InChI=1S/C18H22ClNO/c1-11-6-7-14(19)10-16(11)18(20-4)15-8-13(3)17(21-5)9-12(15)2/h6-10,18,20H,1-5H3. The van der Waals surface area contributed by atoms with Gasteiger partial charge in [-0.3, -0.25) is 0 Å². The summed E-state index contributed by atoms with van der Waals surface area (Å²) in [5, 5.41) is 4.17. The predicted octanol–water partition coefficient (Wildman–Crippen LogP) is 4.58. The molecule has 0 aliphatic heterocycles. The third-order valence-corrected chi connectivity index (χ3v) is 4.17. The van der Waals surface area contributed by atoms with Crippen molar-refractivity contribution in [1.82, 2.24) is 5.32 Å². The number of halogens is 1. The lowest BCUT2D eigenvalue weighted by Gasteiger charge is -2.23. The molecule has 0 bridgehead atoms. The maximum atomic E-state index is 6.18. The van der Waals surface area contributed by atoms with E-state index in [2.05, 4.69) is 44.3 Å². The van der Waals surface area contributed by atoms with Crippen molar-refractivity contribution < 1.29 is 4.74 Å². The van der Waals surface area contributed by atoms with Crippen molar-refractivity contribution in [2.24, 2.45) is 0 Å². The fraction of sp³-hybridized carbons (Fsp3) is 0.333. The third-order valence-electron chi connectivity index (χ3n) is 3.94. The zero-order valence-corrected chi connectivity index (χ0v) is 14.0. The summed E-state index contributed by atoms with van der Waals surface area (Å²) in [6.07, 6.45) is 0. The first-order chi connectivity index (χ1) is 9.97. The van der Waals surface area contributed by atoms with E-state index >= 15 is 0 Å². The second-order valence-electron chi connectivity index (χ2n) is 5.40. The van der Waals surface area contributed by atoms with Crippen LogP contribution in [0.25, 0.3) is 0 Å². The van der Waals surface area contributed by atoms with E-state index in [1.54, 1.807) is 7.11 Å². The molecule has 0 aliphatic carbocycles. The largest absolute Gasteiger partial charge is 0.496 e. The maximum Gasteiger partial charge on any atom is 0.122 e. The first-order valence-electron chi connectivity index (χ1n) is 7.06. The summed E-state index contributed by atoms with van der Waals surface area (Å²) in [5.74, 6) is 0.925. The van der Waals surface area contributed by atoms with Gasteiger partial charge in [-0.1, -0.05) is 23.7 Å². The number of methoxy groups -OCH3 is 1. The van der Waals surface area contributed by atoms with Gasteiger partial charge in [-0.05, 0) is 73.8 Å². The molecule has 3 heteroatoms. The molecule has 1 atom stereocenters. The van der Waals surface area contributed by atoms with Gasteiger partial charge in [0.15, 0.2) is 0 Å². The monoisotopic (exact) mass is 303 g/mol. The molecule has 2 rings (SSSR count). The average Bonchev–Trinajstić information content (AvgIpc) is 2.46. The van der Waals surface area contributed by atoms with Gasteiger partial charge in [-0.15, -0.1) is 0 Å². The Morgan fingerprint density at radius 2 is 1.62 bits per heavy atom. The predicted molar refractivity (Wildman–Crippen MR) is 89.6 cm³/mol. The lowest BCUT2D eigenvalue weighted by atomic mass is 9.91. The van der Waals surface area contributed by atoms with Crippen LogP contribution in [0.5, 0.6) is 5.75 Å². The van der Waals surface area contributed by atoms with Crippen LogP contribution in [0.4, 0.5) is 0 Å². The van der Waals surface area contributed by atoms with E-state index in [0.717, 1.165) is 16.3 Å². The van der Waals surface area contributed by atoms with E-state index in [1.165, 1.54) is 22.3 Å². The highest BCUT2D eigenvalue weighted by molar-refractivity contribution is 6.30. The lowest BCUT2D eigenvalue weighted by Crippen LogP contribution is -2.20. The smallest absolute Gasteiger partial charge is 0.122 e. The van der Waals surface area contributed by atoms with Crippen LogP contribution in [0, 0.1) is 20.8 Å². The first-order valence-corrected chi connectivity index (χ1v) is 7.44. The Labute approximate surface area is 132 Å². The van der Waals surface area contributed by atoms with Crippen LogP contribution in [-0.2, 0) is 0 Å². The van der Waals surface area contributed by atoms with Gasteiger partial charge in [0, 0.05) is 5.02 Å². The number of hydrogen-bond acceptors (Lipinski definition) is 2. The van der Waals surface area contributed by atoms with Crippen molar-refractivity contribution in [3.05, 3.63) is 63.2 Å². The molecule has 0 saturated carbocycles. The van der Waals surface area contributed by atoms with E-state index in [4.69, 9.17) is 16.3 Å². The van der Waals surface area contributed by atoms with Crippen LogP contribution in [0.3, 0.4) is 0 Å². The van der Waals surface area contributed by atoms with Gasteiger partial charge in [0.05, 0.1) is 13.2 Å². The first kappa shape index (κ1) is 15.9. The zero-order valence-electron chi connectivity index (χ0n) is 13.3. The molecule has 0 spiro atoms. The van der Waals surface area contributed by atoms with E-state index < -0.39 is 0 Å². The zero-order chi connectivity index (χ0) is 15.6. The molecule has 1 unspecified atom stereocenters. The highest BCUT2D eigenvalue weighted by atomic mass is 35.5. The molecule has 0 aliphatic rings. The Hall–Kier alpha value is -1.51. The number of ether oxygens (including phenoxy) is 1. The molecule has 0 saturated heterocycles. The third kappa shape index (κ3) is 3.22. The summed E-state index contributed by atoms with van der Waals surface area (Å²) in [6.45, 7) is 6.29. The minimum absolute atomic E-state index is 0.119. The van der Waals surface area contributed by atoms with Crippen LogP contribution in [0.15, 0.2) is 30.3 Å². The molecule has 0 fully saturated rings. The van der Waals surface area contributed by atoms with Gasteiger partial charge >= 0.3 is 0 Å². The quantitative estimate of drug-likeness (QED) is 0.892. The number of nitrogens with one attached hydrogen (secondary N) is 1. The van der Waals surface area contributed by atoms with Gasteiger partial charge in [0.25, 0.3) is 0 Å². The second kappa shape index (κ2) is 6.50. The van der Waals surface area contributed by atoms with E-state index in [0.29, 0.717) is 0 Å². The molecule has 0 amide bonds. The summed E-state index contributed by atoms with van der Waals surface area (Å²) in [5.41, 5.74) is 6.03. The van der Waals surface area contributed by atoms with Crippen molar-refractivity contribution in [3.63, 3.8) is 0 Å². The normalized spacial score (nSPS) is 12.3. The van der Waals surface area contributed by atoms with Crippen molar-refractivity contribution in [2.45, 2.75) is 26.8 Å². The summed E-state index contributed by atoms with van der Waals surface area (Å²) >= 11 is 6.18. The number of benzene rings is 2. The van der Waals surface area contributed by atoms with E-state index in [-0.39, 0.29) is 6.04 Å². The van der Waals surface area contributed by atoms with Crippen LogP contribution in [0.1, 0.15) is 33.9 Å². The van der Waals surface area contributed by atoms with Crippen LogP contribution >= 0.6 is 11.6 Å². The second-order valence-corrected chi connectivity index (χ2v) is 5.84. The lowest BCUT2D eigenvalue weighted by molar-refractivity contribution is 0.411. The Balaban J connectivity index is 2.56. The molecule has 112 valence electrons. The highest BCUT2D eigenvalue weighted by Crippen LogP contribution is 2.32. The van der Waals surface area contributed by atoms with Gasteiger partial charge in [-0.25, -0.2) is 0 Å². The SMILES string of the molecule is CNC(c1cc(Cl)ccc1C)c1cc(C)c(OC)cc1C. The molecule has 1 N–H and O–H groups in total. The fourth-order valence-corrected chi connectivity index (χ4v) is 2.92. The molecule has 21 heavy (non-hydrogen) atoms. The Kier molecular flexibility index (Phi) is 4.92. The van der Waals surface area contributed by atoms with Crippen LogP contribution < -0.4 is 10.1 Å². The molecule has 0 heterocycles. The van der Waals surface area contributed by atoms with Crippen LogP contribution in [-0.4, -0.2) is 14.2 Å². The number of aryl methyl sites for hydroxylation is 3. The minimum atomic E-state index is 0.119. The van der Waals surface area contributed by atoms with Gasteiger partial charge in [0.2, 0.25) is 0 Å². The topological polar surface area (TPSA) is 21.3 Å². The van der Waals surface area contributed by atoms with Gasteiger partial charge in [0.1, 0.15) is 5.75 Å². The Morgan fingerprint density at radius 1 is 0.952 bits per heavy atom. The average molecular weight is 304 g/mol. The van der Waals surface area contributed by atoms with Crippen molar-refractivity contribution in [2.75, 3.05) is 14.2 Å². The fourth-order valence-electron chi connectivity index (χ4n) is 2.74. The molecule has 0 aromatic heterocycles. The van der Waals surface area contributed by atoms with Crippen molar-refractivity contribution in [3.8, 4) is 5.75 Å². The Bertz CT molecular complexity index is 652. The van der Waals surface area contributed by atoms with E-state index in [1.807, 2.05) is 19.2 Å². The van der Waals surface area contributed by atoms with Gasteiger partial charge in [-0.2, -0.15) is 0 Å². The molecule has 2 aromatic carbocycles. The summed E-state index contributed by atoms with van der Waals surface area (Å²) in [7, 11) is 3.68. The van der Waals surface area contributed by atoms with Gasteiger partial charge < -0.3 is 10.1 Å². The molecule has 0 radical (unpaired) electrons. The van der Waals surface area contributed by atoms with Crippen molar-refractivity contribution in [1.29, 1.82) is 0 Å². The molecular weight excluding hydrogens is 282 g/mol. The maximum absolute atomic E-state index is 6.18. The van der Waals surface area contributed by atoms with Crippen molar-refractivity contribution >= 4 is 11.6 Å². The highest BCUT2D eigenvalue weighted by Gasteiger charge is 2.18. The minimum Gasteiger partial charge on any atom is -0.496 e. The summed E-state index contributed by atoms with van der Waals surface area (Å²) in [4.78, 5) is 0. The molecule has 2 aromatic rings. The summed E-state index contributed by atoms with van der Waals surface area (Å²) < 4.78 is 5.40. The number of hydrogen-bond donors (Lipinski definition) is 1. The molecule has 2 nitrogen and oxygen atoms in total.